The summed E-state index contributed by atoms with van der Waals surface area (Å²) in [5.74, 6) is -1.93. The highest BCUT2D eigenvalue weighted by molar-refractivity contribution is 5.93. The molecule has 238 valence electrons. The van der Waals surface area contributed by atoms with Crippen molar-refractivity contribution >= 4 is 23.7 Å². The van der Waals surface area contributed by atoms with Gasteiger partial charge in [0.25, 0.3) is 0 Å². The third-order valence-electron chi connectivity index (χ3n) is 5.86. The topological polar surface area (TPSA) is 234 Å². The normalized spacial score (nSPS) is 13.1. The molecule has 15 heteroatoms. The van der Waals surface area contributed by atoms with Gasteiger partial charge in [-0.1, -0.05) is 12.1 Å². The van der Waals surface area contributed by atoms with Crippen LogP contribution < -0.4 is 27.4 Å². The fourth-order valence-electron chi connectivity index (χ4n) is 3.43. The number of aromatic hydroxyl groups is 1. The molecule has 0 radical (unpaired) electrons. The predicted octanol–water partition coefficient (Wildman–Crippen LogP) is -1.32. The summed E-state index contributed by atoms with van der Waals surface area (Å²) < 4.78 is 21.0. The molecule has 0 unspecified atom stereocenters. The minimum absolute atomic E-state index is 0.0357. The first-order valence-electron chi connectivity index (χ1n) is 13.8. The number of ether oxygens (including phenoxy) is 4. The van der Waals surface area contributed by atoms with Crippen molar-refractivity contribution < 1.29 is 48.3 Å². The van der Waals surface area contributed by atoms with E-state index in [0.717, 1.165) is 19.3 Å². The number of carbonyl (C=O) groups is 4. The first-order valence-corrected chi connectivity index (χ1v) is 13.8. The van der Waals surface area contributed by atoms with Crippen LogP contribution in [0.1, 0.15) is 31.7 Å². The molecule has 1 aromatic rings. The number of amides is 3. The molecule has 9 N–H and O–H groups in total. The average Bonchev–Trinajstić information content (AvgIpc) is 2.96. The standard InChI is InChI=1S/C27H45N5O10/c1-19(24(35)16-30-23(17-33)25(29)36)31-26(37)22(15-20-5-7-21(34)8-6-20)32-27(38)42-18-41-11-4-2-3-10-39-13-14-40-12-9-28/h5-8,19,22-23,30,33-34H,2-4,9-18,28H2,1H3,(H2,29,36)(H,31,37)(H,32,38)/t19-,22+,23+/m1/s1. The van der Waals surface area contributed by atoms with Crippen LogP contribution in [0.5, 0.6) is 5.75 Å². The summed E-state index contributed by atoms with van der Waals surface area (Å²) >= 11 is 0. The highest BCUT2D eigenvalue weighted by Gasteiger charge is 2.26. The number of nitrogens with one attached hydrogen (secondary N) is 3. The Kier molecular flexibility index (Phi) is 19.5. The van der Waals surface area contributed by atoms with Crippen LogP contribution in [0.15, 0.2) is 24.3 Å². The highest BCUT2D eigenvalue weighted by Crippen LogP contribution is 2.12. The molecule has 3 atom stereocenters. The zero-order valence-electron chi connectivity index (χ0n) is 24.0. The van der Waals surface area contributed by atoms with Crippen LogP contribution in [0, 0.1) is 0 Å². The Hall–Kier alpha value is -3.34. The van der Waals surface area contributed by atoms with E-state index in [1.165, 1.54) is 19.1 Å². The van der Waals surface area contributed by atoms with Crippen LogP contribution in [-0.2, 0) is 39.8 Å². The number of phenolic OH excluding ortho intramolecular Hbond substituents is 1. The lowest BCUT2D eigenvalue weighted by Gasteiger charge is -2.21. The van der Waals surface area contributed by atoms with Crippen LogP contribution in [0.2, 0.25) is 0 Å². The Labute approximate surface area is 245 Å². The van der Waals surface area contributed by atoms with Crippen molar-refractivity contribution in [1.82, 2.24) is 16.0 Å². The molecule has 0 spiro atoms. The highest BCUT2D eigenvalue weighted by atomic mass is 16.7. The summed E-state index contributed by atoms with van der Waals surface area (Å²) in [5, 5.41) is 26.2. The Bertz CT molecular complexity index is 934. The molecule has 0 aliphatic carbocycles. The maximum Gasteiger partial charge on any atom is 0.409 e. The number of unbranched alkanes of at least 4 members (excludes halogenated alkanes) is 2. The van der Waals surface area contributed by atoms with E-state index in [-0.39, 0.29) is 25.5 Å². The first kappa shape index (κ1) is 36.7. The average molecular weight is 600 g/mol. The van der Waals surface area contributed by atoms with Gasteiger partial charge >= 0.3 is 6.09 Å². The van der Waals surface area contributed by atoms with E-state index >= 15 is 0 Å². The zero-order chi connectivity index (χ0) is 31.2. The maximum atomic E-state index is 13.0. The van der Waals surface area contributed by atoms with Crippen molar-refractivity contribution in [2.75, 3.05) is 59.5 Å². The van der Waals surface area contributed by atoms with Crippen molar-refractivity contribution in [3.63, 3.8) is 0 Å². The minimum Gasteiger partial charge on any atom is -0.508 e. The maximum absolute atomic E-state index is 13.0. The largest absolute Gasteiger partial charge is 0.508 e. The zero-order valence-corrected chi connectivity index (χ0v) is 24.0. The Balaban J connectivity index is 2.47. The molecule has 1 rings (SSSR count). The number of phenols is 1. The lowest BCUT2D eigenvalue weighted by molar-refractivity contribution is -0.128. The molecule has 0 saturated heterocycles. The molecule has 15 nitrogen and oxygen atoms in total. The van der Waals surface area contributed by atoms with E-state index in [2.05, 4.69) is 16.0 Å². The van der Waals surface area contributed by atoms with Gasteiger partial charge in [-0.15, -0.1) is 0 Å². The summed E-state index contributed by atoms with van der Waals surface area (Å²) in [4.78, 5) is 49.0. The van der Waals surface area contributed by atoms with Crippen molar-refractivity contribution in [1.29, 1.82) is 0 Å². The van der Waals surface area contributed by atoms with Crippen molar-refractivity contribution in [2.45, 2.75) is 50.7 Å². The van der Waals surface area contributed by atoms with Gasteiger partial charge in [-0.3, -0.25) is 19.7 Å². The second-order valence-corrected chi connectivity index (χ2v) is 9.31. The summed E-state index contributed by atoms with van der Waals surface area (Å²) in [5.41, 5.74) is 11.1. The van der Waals surface area contributed by atoms with Gasteiger partial charge in [0, 0.05) is 19.6 Å². The molecule has 0 aliphatic rings. The van der Waals surface area contributed by atoms with Crippen LogP contribution in [0.3, 0.4) is 0 Å². The van der Waals surface area contributed by atoms with Crippen molar-refractivity contribution in [3.8, 4) is 5.75 Å². The smallest absolute Gasteiger partial charge is 0.409 e. The third kappa shape index (κ3) is 16.8. The summed E-state index contributed by atoms with van der Waals surface area (Å²) in [7, 11) is 0. The number of aliphatic hydroxyl groups excluding tert-OH is 1. The number of alkyl carbamates (subject to hydrolysis) is 1. The van der Waals surface area contributed by atoms with Gasteiger partial charge < -0.3 is 51.3 Å². The van der Waals surface area contributed by atoms with Gasteiger partial charge in [0.05, 0.1) is 45.6 Å². The number of primary amides is 1. The monoisotopic (exact) mass is 599 g/mol. The number of Topliss-reactive ketones (excluding diaryl/α,β-unsaturated/α-hetero) is 1. The lowest BCUT2D eigenvalue weighted by atomic mass is 10.0. The molecule has 0 bridgehead atoms. The lowest BCUT2D eigenvalue weighted by Crippen LogP contribution is -2.54. The van der Waals surface area contributed by atoms with E-state index in [0.29, 0.717) is 45.1 Å². The fraction of sp³-hybridized carbons (Fsp3) is 0.630. The number of aliphatic hydroxyl groups is 1. The van der Waals surface area contributed by atoms with Crippen molar-refractivity contribution in [3.05, 3.63) is 29.8 Å². The molecular weight excluding hydrogens is 554 g/mol. The number of hydrogen-bond acceptors (Lipinski definition) is 12. The summed E-state index contributed by atoms with van der Waals surface area (Å²) in [6, 6.07) is 2.83. The number of ketones is 1. The van der Waals surface area contributed by atoms with E-state index < -0.39 is 48.4 Å². The van der Waals surface area contributed by atoms with Gasteiger partial charge in [0.15, 0.2) is 12.6 Å². The Morgan fingerprint density at radius 1 is 0.881 bits per heavy atom. The van der Waals surface area contributed by atoms with E-state index in [1.807, 2.05) is 0 Å². The number of hydrogen-bond donors (Lipinski definition) is 7. The summed E-state index contributed by atoms with van der Waals surface area (Å²) in [6.45, 7) is 3.19. The van der Waals surface area contributed by atoms with E-state index in [1.54, 1.807) is 12.1 Å². The van der Waals surface area contributed by atoms with E-state index in [9.17, 15) is 24.3 Å². The fourth-order valence-corrected chi connectivity index (χ4v) is 3.43. The molecule has 3 amide bonds. The SMILES string of the molecule is C[C@@H](NC(=O)[C@H](Cc1ccc(O)cc1)NC(=O)OCOCCCCCOCCOCCN)C(=O)CN[C@@H](CO)C(N)=O. The van der Waals surface area contributed by atoms with Gasteiger partial charge in [0.1, 0.15) is 17.8 Å². The summed E-state index contributed by atoms with van der Waals surface area (Å²) in [6.07, 6.45) is 1.59. The molecule has 42 heavy (non-hydrogen) atoms. The first-order chi connectivity index (χ1) is 20.2. The number of nitrogens with two attached hydrogens (primary N) is 2. The second kappa shape index (κ2) is 22.3. The quantitative estimate of drug-likeness (QED) is 0.0541. The number of benzene rings is 1. The third-order valence-corrected chi connectivity index (χ3v) is 5.86. The Morgan fingerprint density at radius 3 is 2.14 bits per heavy atom. The molecule has 0 aliphatic heterocycles. The molecule has 0 heterocycles. The van der Waals surface area contributed by atoms with Gasteiger partial charge in [-0.05, 0) is 43.9 Å². The number of carbonyl (C=O) groups excluding carboxylic acids is 4. The molecule has 1 aromatic carbocycles. The molecular formula is C27H45N5O10. The molecule has 0 aromatic heterocycles. The van der Waals surface area contributed by atoms with Crippen LogP contribution in [-0.4, -0.2) is 112 Å². The minimum atomic E-state index is -1.12. The Morgan fingerprint density at radius 2 is 1.52 bits per heavy atom. The van der Waals surface area contributed by atoms with Crippen LogP contribution >= 0.6 is 0 Å². The second-order valence-electron chi connectivity index (χ2n) is 9.31. The van der Waals surface area contributed by atoms with Gasteiger partial charge in [0.2, 0.25) is 11.8 Å². The molecule has 0 saturated carbocycles. The molecule has 0 fully saturated rings. The number of rotatable bonds is 24. The van der Waals surface area contributed by atoms with Crippen LogP contribution in [0.4, 0.5) is 4.79 Å². The van der Waals surface area contributed by atoms with Crippen LogP contribution in [0.25, 0.3) is 0 Å². The van der Waals surface area contributed by atoms with Gasteiger partial charge in [-0.25, -0.2) is 4.79 Å². The van der Waals surface area contributed by atoms with Gasteiger partial charge in [-0.2, -0.15) is 0 Å². The van der Waals surface area contributed by atoms with Crippen molar-refractivity contribution in [2.24, 2.45) is 11.5 Å². The van der Waals surface area contributed by atoms with E-state index in [4.69, 9.17) is 35.5 Å². The predicted molar refractivity (Wildman–Crippen MR) is 151 cm³/mol.